The van der Waals surface area contributed by atoms with Crippen molar-refractivity contribution in [3.05, 3.63) is 0 Å². The molecule has 0 saturated carbocycles. The first kappa shape index (κ1) is 18.2. The standard InChI is InChI=1S/C6H12O3.C5H10O3/c1-5(3-7)4-9-6(2)8;1-4(6)3-8-5(2)7/h5,7H,3-4H2,1-2H3;4,6H,3H2,1-2H3. The number of carbonyl (C=O) groups excluding carboxylic acids is 2. The molecule has 0 aliphatic heterocycles. The molecular weight excluding hydrogens is 228 g/mol. The van der Waals surface area contributed by atoms with Crippen molar-refractivity contribution in [2.45, 2.75) is 33.8 Å². The van der Waals surface area contributed by atoms with Crippen molar-refractivity contribution in [2.75, 3.05) is 19.8 Å². The predicted octanol–water partition coefficient (Wildman–Crippen LogP) is 0.108. The summed E-state index contributed by atoms with van der Waals surface area (Å²) >= 11 is 0. The summed E-state index contributed by atoms with van der Waals surface area (Å²) in [4.78, 5) is 20.2. The summed E-state index contributed by atoms with van der Waals surface area (Å²) in [5.74, 6) is -0.602. The fourth-order valence-electron chi connectivity index (χ4n) is 0.550. The minimum Gasteiger partial charge on any atom is -0.466 e. The summed E-state index contributed by atoms with van der Waals surface area (Å²) < 4.78 is 9.01. The van der Waals surface area contributed by atoms with E-state index in [1.165, 1.54) is 13.8 Å². The lowest BCUT2D eigenvalue weighted by atomic mass is 10.2. The second-order valence-electron chi connectivity index (χ2n) is 3.74. The van der Waals surface area contributed by atoms with E-state index in [1.54, 1.807) is 6.92 Å². The molecule has 102 valence electrons. The van der Waals surface area contributed by atoms with Crippen LogP contribution >= 0.6 is 0 Å². The number of carbonyl (C=O) groups is 2. The average molecular weight is 250 g/mol. The topological polar surface area (TPSA) is 93.1 Å². The summed E-state index contributed by atoms with van der Waals surface area (Å²) in [6.07, 6.45) is -0.557. The lowest BCUT2D eigenvalue weighted by molar-refractivity contribution is -0.144. The van der Waals surface area contributed by atoms with Crippen LogP contribution in [0.5, 0.6) is 0 Å². The van der Waals surface area contributed by atoms with E-state index in [0.29, 0.717) is 6.61 Å². The summed E-state index contributed by atoms with van der Waals surface area (Å²) in [7, 11) is 0. The monoisotopic (exact) mass is 250 g/mol. The Morgan fingerprint density at radius 3 is 1.71 bits per heavy atom. The molecule has 0 aromatic heterocycles. The number of hydrogen-bond acceptors (Lipinski definition) is 6. The van der Waals surface area contributed by atoms with Crippen LogP contribution in [0.3, 0.4) is 0 Å². The molecule has 0 radical (unpaired) electrons. The van der Waals surface area contributed by atoms with Gasteiger partial charge in [0.2, 0.25) is 0 Å². The zero-order valence-electron chi connectivity index (χ0n) is 10.8. The van der Waals surface area contributed by atoms with Crippen molar-refractivity contribution in [2.24, 2.45) is 5.92 Å². The maximum absolute atomic E-state index is 10.2. The van der Waals surface area contributed by atoms with Crippen molar-refractivity contribution in [1.82, 2.24) is 0 Å². The van der Waals surface area contributed by atoms with Crippen LogP contribution < -0.4 is 0 Å². The van der Waals surface area contributed by atoms with Gasteiger partial charge in [-0.1, -0.05) is 6.92 Å². The molecule has 0 fully saturated rings. The Kier molecular flexibility index (Phi) is 12.2. The Bertz CT molecular complexity index is 214. The number of aliphatic hydroxyl groups is 2. The zero-order valence-corrected chi connectivity index (χ0v) is 10.8. The third-order valence-electron chi connectivity index (χ3n) is 1.41. The Labute approximate surface area is 102 Å². The fraction of sp³-hybridized carbons (Fsp3) is 0.818. The number of aliphatic hydroxyl groups excluding tert-OH is 2. The fourth-order valence-corrected chi connectivity index (χ4v) is 0.550. The van der Waals surface area contributed by atoms with Gasteiger partial charge in [0.05, 0.1) is 12.7 Å². The van der Waals surface area contributed by atoms with Crippen LogP contribution in [-0.2, 0) is 19.1 Å². The third-order valence-corrected chi connectivity index (χ3v) is 1.41. The highest BCUT2D eigenvalue weighted by molar-refractivity contribution is 5.66. The first-order valence-corrected chi connectivity index (χ1v) is 5.35. The normalized spacial score (nSPS) is 12.8. The SMILES string of the molecule is CC(=O)OCC(C)CO.CC(=O)OCC(C)O. The molecule has 0 saturated heterocycles. The summed E-state index contributed by atoms with van der Waals surface area (Å²) in [6, 6.07) is 0. The van der Waals surface area contributed by atoms with Crippen molar-refractivity contribution in [3.8, 4) is 0 Å². The van der Waals surface area contributed by atoms with Gasteiger partial charge >= 0.3 is 11.9 Å². The predicted molar refractivity (Wildman–Crippen MR) is 61.2 cm³/mol. The van der Waals surface area contributed by atoms with Crippen molar-refractivity contribution in [3.63, 3.8) is 0 Å². The Morgan fingerprint density at radius 1 is 1.06 bits per heavy atom. The minimum atomic E-state index is -0.557. The van der Waals surface area contributed by atoms with E-state index >= 15 is 0 Å². The van der Waals surface area contributed by atoms with Gasteiger partial charge in [0.15, 0.2) is 0 Å². The van der Waals surface area contributed by atoms with Crippen LogP contribution in [0, 0.1) is 5.92 Å². The van der Waals surface area contributed by atoms with Gasteiger partial charge in [0, 0.05) is 26.4 Å². The van der Waals surface area contributed by atoms with Gasteiger partial charge in [-0.3, -0.25) is 9.59 Å². The van der Waals surface area contributed by atoms with Crippen LogP contribution in [0.25, 0.3) is 0 Å². The molecule has 2 atom stereocenters. The molecule has 0 heterocycles. The van der Waals surface area contributed by atoms with Gasteiger partial charge in [-0.2, -0.15) is 0 Å². The number of ether oxygens (including phenoxy) is 2. The third kappa shape index (κ3) is 20.8. The van der Waals surface area contributed by atoms with Crippen LogP contribution in [0.1, 0.15) is 27.7 Å². The summed E-state index contributed by atoms with van der Waals surface area (Å²) in [5.41, 5.74) is 0. The first-order valence-electron chi connectivity index (χ1n) is 5.35. The van der Waals surface area contributed by atoms with E-state index in [9.17, 15) is 9.59 Å². The molecule has 0 spiro atoms. The molecule has 0 aliphatic carbocycles. The van der Waals surface area contributed by atoms with Crippen LogP contribution in [-0.4, -0.2) is 48.1 Å². The maximum atomic E-state index is 10.2. The second-order valence-corrected chi connectivity index (χ2v) is 3.74. The van der Waals surface area contributed by atoms with Crippen LogP contribution in [0.2, 0.25) is 0 Å². The lowest BCUT2D eigenvalue weighted by Crippen LogP contribution is -2.12. The van der Waals surface area contributed by atoms with Gasteiger partial charge in [-0.05, 0) is 6.92 Å². The Hall–Kier alpha value is -1.14. The van der Waals surface area contributed by atoms with Crippen molar-refractivity contribution >= 4 is 11.9 Å². The van der Waals surface area contributed by atoms with E-state index in [-0.39, 0.29) is 31.1 Å². The van der Waals surface area contributed by atoms with E-state index in [2.05, 4.69) is 9.47 Å². The highest BCUT2D eigenvalue weighted by Crippen LogP contribution is 1.92. The average Bonchev–Trinajstić information content (AvgIpc) is 2.23. The molecule has 0 aromatic carbocycles. The Morgan fingerprint density at radius 2 is 1.47 bits per heavy atom. The molecule has 2 unspecified atom stereocenters. The Balaban J connectivity index is 0. The molecule has 0 aromatic rings. The van der Waals surface area contributed by atoms with E-state index in [1.807, 2.05) is 6.92 Å². The van der Waals surface area contributed by atoms with E-state index < -0.39 is 6.10 Å². The van der Waals surface area contributed by atoms with Crippen molar-refractivity contribution in [1.29, 1.82) is 0 Å². The molecule has 2 N–H and O–H groups in total. The number of esters is 2. The highest BCUT2D eigenvalue weighted by Gasteiger charge is 2.00. The highest BCUT2D eigenvalue weighted by atomic mass is 16.5. The number of hydrogen-bond donors (Lipinski definition) is 2. The van der Waals surface area contributed by atoms with E-state index in [0.717, 1.165) is 0 Å². The van der Waals surface area contributed by atoms with Gasteiger partial charge in [-0.25, -0.2) is 0 Å². The number of rotatable bonds is 5. The smallest absolute Gasteiger partial charge is 0.302 e. The molecule has 17 heavy (non-hydrogen) atoms. The quantitative estimate of drug-likeness (QED) is 0.673. The molecule has 0 rings (SSSR count). The van der Waals surface area contributed by atoms with Gasteiger partial charge in [0.1, 0.15) is 6.61 Å². The summed E-state index contributed by atoms with van der Waals surface area (Å²) in [6.45, 7) is 6.49. The van der Waals surface area contributed by atoms with Crippen LogP contribution in [0.15, 0.2) is 0 Å². The summed E-state index contributed by atoms with van der Waals surface area (Å²) in [5, 5.41) is 17.0. The van der Waals surface area contributed by atoms with Gasteiger partial charge < -0.3 is 19.7 Å². The second kappa shape index (κ2) is 11.3. The molecule has 6 heteroatoms. The van der Waals surface area contributed by atoms with Gasteiger partial charge in [-0.15, -0.1) is 0 Å². The lowest BCUT2D eigenvalue weighted by Gasteiger charge is -2.05. The van der Waals surface area contributed by atoms with E-state index in [4.69, 9.17) is 10.2 Å². The molecule has 0 amide bonds. The van der Waals surface area contributed by atoms with Crippen molar-refractivity contribution < 1.29 is 29.3 Å². The molecular formula is C11H22O6. The minimum absolute atomic E-state index is 0.0499. The van der Waals surface area contributed by atoms with Gasteiger partial charge in [0.25, 0.3) is 0 Å². The molecule has 0 aliphatic rings. The largest absolute Gasteiger partial charge is 0.466 e. The molecule has 0 bridgehead atoms. The first-order chi connectivity index (χ1) is 7.79. The molecule has 6 nitrogen and oxygen atoms in total. The zero-order chi connectivity index (χ0) is 13.8. The van der Waals surface area contributed by atoms with Crippen LogP contribution in [0.4, 0.5) is 0 Å². The maximum Gasteiger partial charge on any atom is 0.302 e.